The van der Waals surface area contributed by atoms with Crippen molar-refractivity contribution in [3.05, 3.63) is 51.5 Å². The maximum atomic E-state index is 12.6. The van der Waals surface area contributed by atoms with Crippen LogP contribution in [0.4, 0.5) is 0 Å². The van der Waals surface area contributed by atoms with Gasteiger partial charge in [-0.25, -0.2) is 18.4 Å². The molecule has 1 aliphatic heterocycles. The van der Waals surface area contributed by atoms with Crippen LogP contribution < -0.4 is 5.56 Å². The van der Waals surface area contributed by atoms with Gasteiger partial charge >= 0.3 is 0 Å². The molecule has 0 aromatic carbocycles. The second kappa shape index (κ2) is 7.91. The highest BCUT2D eigenvalue weighted by Gasteiger charge is 2.26. The lowest BCUT2D eigenvalue weighted by molar-refractivity contribution is 0.0730. The molecular weight excluding hydrogens is 420 g/mol. The molecule has 1 aliphatic rings. The van der Waals surface area contributed by atoms with E-state index in [1.165, 1.54) is 39.7 Å². The van der Waals surface area contributed by atoms with E-state index >= 15 is 0 Å². The Morgan fingerprint density at radius 1 is 1.29 bits per heavy atom. The van der Waals surface area contributed by atoms with Gasteiger partial charge in [0.25, 0.3) is 5.56 Å². The molecule has 0 saturated carbocycles. The smallest absolute Gasteiger partial charge is 0.258 e. The quantitative estimate of drug-likeness (QED) is 0.561. The first kappa shape index (κ1) is 19.5. The van der Waals surface area contributed by atoms with Crippen LogP contribution in [0, 0.1) is 6.92 Å². The third-order valence-electron chi connectivity index (χ3n) is 4.31. The number of hydrogen-bond acceptors (Lipinski definition) is 8. The summed E-state index contributed by atoms with van der Waals surface area (Å²) in [4.78, 5) is 21.8. The van der Waals surface area contributed by atoms with Gasteiger partial charge in [-0.05, 0) is 19.1 Å². The van der Waals surface area contributed by atoms with E-state index in [-0.39, 0.29) is 10.5 Å². The van der Waals surface area contributed by atoms with Crippen molar-refractivity contribution in [1.29, 1.82) is 0 Å². The Kier molecular flexibility index (Phi) is 5.52. The van der Waals surface area contributed by atoms with Gasteiger partial charge in [-0.2, -0.15) is 4.31 Å². The molecule has 8 nitrogen and oxygen atoms in total. The molecule has 0 spiro atoms. The van der Waals surface area contributed by atoms with Crippen LogP contribution in [0.3, 0.4) is 0 Å². The highest BCUT2D eigenvalue weighted by molar-refractivity contribution is 7.98. The zero-order chi connectivity index (χ0) is 19.7. The summed E-state index contributed by atoms with van der Waals surface area (Å²) in [5.74, 6) is 0.477. The second-order valence-corrected chi connectivity index (χ2v) is 9.99. The fourth-order valence-corrected chi connectivity index (χ4v) is 5.84. The molecule has 148 valence electrons. The lowest BCUT2D eigenvalue weighted by Crippen LogP contribution is -2.40. The first-order valence-corrected chi connectivity index (χ1v) is 11.9. The van der Waals surface area contributed by atoms with Crippen molar-refractivity contribution in [3.63, 3.8) is 0 Å². The Labute approximate surface area is 170 Å². The molecule has 28 heavy (non-hydrogen) atoms. The van der Waals surface area contributed by atoms with Crippen molar-refractivity contribution >= 4 is 38.1 Å². The van der Waals surface area contributed by atoms with Gasteiger partial charge in [-0.3, -0.25) is 9.20 Å². The molecule has 0 N–H and O–H groups in total. The number of pyridine rings is 1. The molecule has 0 aliphatic carbocycles. The predicted molar refractivity (Wildman–Crippen MR) is 107 cm³/mol. The van der Waals surface area contributed by atoms with Gasteiger partial charge in [0.2, 0.25) is 10.0 Å². The number of thiazole rings is 1. The largest absolute Gasteiger partial charge is 0.379 e. The number of morpholine rings is 1. The van der Waals surface area contributed by atoms with Crippen molar-refractivity contribution < 1.29 is 13.2 Å². The summed E-state index contributed by atoms with van der Waals surface area (Å²) >= 11 is 2.84. The van der Waals surface area contributed by atoms with Crippen LogP contribution in [0.25, 0.3) is 4.96 Å². The minimum absolute atomic E-state index is 0.0979. The van der Waals surface area contributed by atoms with Crippen LogP contribution in [0.15, 0.2) is 44.5 Å². The summed E-state index contributed by atoms with van der Waals surface area (Å²) < 4.78 is 33.4. The average Bonchev–Trinajstić information content (AvgIpc) is 3.08. The molecule has 1 saturated heterocycles. The van der Waals surface area contributed by atoms with Crippen LogP contribution in [0.5, 0.6) is 0 Å². The number of ether oxygens (including phenoxy) is 1. The van der Waals surface area contributed by atoms with Gasteiger partial charge in [0.1, 0.15) is 4.90 Å². The van der Waals surface area contributed by atoms with Crippen molar-refractivity contribution in [2.24, 2.45) is 0 Å². The zero-order valence-electron chi connectivity index (χ0n) is 15.1. The second-order valence-electron chi connectivity index (χ2n) is 6.22. The molecule has 0 amide bonds. The van der Waals surface area contributed by atoms with E-state index in [9.17, 15) is 13.2 Å². The lowest BCUT2D eigenvalue weighted by Gasteiger charge is -2.25. The van der Waals surface area contributed by atoms with Gasteiger partial charge in [0.15, 0.2) is 4.96 Å². The van der Waals surface area contributed by atoms with E-state index in [4.69, 9.17) is 4.74 Å². The topological polar surface area (TPSA) is 93.9 Å². The van der Waals surface area contributed by atoms with Crippen molar-refractivity contribution in [2.45, 2.75) is 22.6 Å². The Morgan fingerprint density at radius 3 is 2.79 bits per heavy atom. The zero-order valence-corrected chi connectivity index (χ0v) is 17.5. The predicted octanol–water partition coefficient (Wildman–Crippen LogP) is 1.77. The van der Waals surface area contributed by atoms with Crippen molar-refractivity contribution in [1.82, 2.24) is 18.7 Å². The summed E-state index contributed by atoms with van der Waals surface area (Å²) in [5, 5.41) is 2.57. The number of nitrogens with zero attached hydrogens (tertiary/aromatic N) is 4. The van der Waals surface area contributed by atoms with Crippen molar-refractivity contribution in [2.75, 3.05) is 26.3 Å². The van der Waals surface area contributed by atoms with Gasteiger partial charge < -0.3 is 4.74 Å². The van der Waals surface area contributed by atoms with Gasteiger partial charge in [-0.15, -0.1) is 23.1 Å². The van der Waals surface area contributed by atoms with Gasteiger partial charge in [-0.1, -0.05) is 0 Å². The van der Waals surface area contributed by atoms with Crippen LogP contribution in [0.1, 0.15) is 11.4 Å². The summed E-state index contributed by atoms with van der Waals surface area (Å²) in [5.41, 5.74) is 1.44. The molecule has 11 heteroatoms. The molecule has 4 heterocycles. The first-order valence-electron chi connectivity index (χ1n) is 8.59. The molecule has 3 aromatic rings. The van der Waals surface area contributed by atoms with Crippen LogP contribution in [-0.4, -0.2) is 53.4 Å². The molecule has 0 bridgehead atoms. The van der Waals surface area contributed by atoms with Crippen LogP contribution in [0.2, 0.25) is 0 Å². The van der Waals surface area contributed by atoms with E-state index < -0.39 is 10.0 Å². The standard InChI is InChI=1S/C17H18N4O4S3/c1-12-10-27-17-19-13(8-16(22)21(12)17)11-26-15-3-2-14(9-18-15)28(23,24)20-4-6-25-7-5-20/h2-3,8-10H,4-7,11H2,1H3. The minimum Gasteiger partial charge on any atom is -0.379 e. The third-order valence-corrected chi connectivity index (χ3v) is 8.12. The molecule has 0 atom stereocenters. The summed E-state index contributed by atoms with van der Waals surface area (Å²) in [6.45, 7) is 3.39. The molecular formula is C17H18N4O4S3. The lowest BCUT2D eigenvalue weighted by atomic mass is 10.4. The normalized spacial score (nSPS) is 15.9. The fourth-order valence-electron chi connectivity index (χ4n) is 2.86. The van der Waals surface area contributed by atoms with Crippen LogP contribution >= 0.6 is 23.1 Å². The highest BCUT2D eigenvalue weighted by atomic mass is 32.2. The van der Waals surface area contributed by atoms with Gasteiger partial charge in [0, 0.05) is 42.2 Å². The molecule has 1 fully saturated rings. The maximum Gasteiger partial charge on any atom is 0.258 e. The average molecular weight is 439 g/mol. The Hall–Kier alpha value is -1.79. The van der Waals surface area contributed by atoms with Crippen LogP contribution in [-0.2, 0) is 20.5 Å². The van der Waals surface area contributed by atoms with E-state index in [0.29, 0.717) is 47.7 Å². The number of thioether (sulfide) groups is 1. The third kappa shape index (κ3) is 3.85. The molecule has 0 radical (unpaired) electrons. The Bertz CT molecular complexity index is 1150. The number of aryl methyl sites for hydroxylation is 1. The Morgan fingerprint density at radius 2 is 2.07 bits per heavy atom. The maximum absolute atomic E-state index is 12.6. The number of hydrogen-bond donors (Lipinski definition) is 0. The minimum atomic E-state index is -3.55. The van der Waals surface area contributed by atoms with E-state index in [2.05, 4.69) is 9.97 Å². The monoisotopic (exact) mass is 438 g/mol. The van der Waals surface area contributed by atoms with Gasteiger partial charge in [0.05, 0.1) is 23.9 Å². The molecule has 0 unspecified atom stereocenters. The summed E-state index contributed by atoms with van der Waals surface area (Å²) in [6, 6.07) is 4.77. The summed E-state index contributed by atoms with van der Waals surface area (Å²) in [7, 11) is -3.55. The number of fused-ring (bicyclic) bond motifs is 1. The number of aromatic nitrogens is 3. The number of sulfonamides is 1. The summed E-state index contributed by atoms with van der Waals surface area (Å²) in [6.07, 6.45) is 1.38. The highest BCUT2D eigenvalue weighted by Crippen LogP contribution is 2.23. The van der Waals surface area contributed by atoms with E-state index in [1.807, 2.05) is 12.3 Å². The van der Waals surface area contributed by atoms with Crippen molar-refractivity contribution in [3.8, 4) is 0 Å². The fraction of sp³-hybridized carbons (Fsp3) is 0.353. The molecule has 3 aromatic heterocycles. The SMILES string of the molecule is Cc1csc2nc(CSc3ccc(S(=O)(=O)N4CCOCC4)cn3)cc(=O)n12. The first-order chi connectivity index (χ1) is 13.4. The Balaban J connectivity index is 1.47. The van der Waals surface area contributed by atoms with E-state index in [0.717, 1.165) is 5.69 Å². The molecule has 4 rings (SSSR count). The van der Waals surface area contributed by atoms with E-state index in [1.54, 1.807) is 16.5 Å². The number of rotatable bonds is 5.